The van der Waals surface area contributed by atoms with Gasteiger partial charge >= 0.3 is 0 Å². The maximum atomic E-state index is 13.2. The van der Waals surface area contributed by atoms with E-state index in [0.717, 1.165) is 42.1 Å². The molecule has 2 heterocycles. The smallest absolute Gasteiger partial charge is 0.276 e. The van der Waals surface area contributed by atoms with Crippen molar-refractivity contribution in [2.75, 3.05) is 26.2 Å². The number of nitrogens with zero attached hydrogens (tertiary/aromatic N) is 3. The van der Waals surface area contributed by atoms with E-state index in [0.29, 0.717) is 30.1 Å². The van der Waals surface area contributed by atoms with Crippen molar-refractivity contribution < 1.29 is 18.4 Å². The number of carbonyl (C=O) groups excluding carboxylic acids is 1. The van der Waals surface area contributed by atoms with E-state index < -0.39 is 0 Å². The van der Waals surface area contributed by atoms with E-state index in [-0.39, 0.29) is 18.3 Å². The molecule has 0 saturated carbocycles. The lowest BCUT2D eigenvalue weighted by Gasteiger charge is -2.34. The quantitative estimate of drug-likeness (QED) is 0.576. The molecule has 1 saturated heterocycles. The average molecular weight is 438 g/mol. The molecule has 0 N–H and O–H groups in total. The van der Waals surface area contributed by atoms with Crippen LogP contribution in [0.4, 0.5) is 4.39 Å². The summed E-state index contributed by atoms with van der Waals surface area (Å²) in [4.78, 5) is 17.2. The Morgan fingerprint density at radius 1 is 1.06 bits per heavy atom. The van der Waals surface area contributed by atoms with Gasteiger partial charge in [0.2, 0.25) is 0 Å². The lowest BCUT2D eigenvalue weighted by Crippen LogP contribution is -2.48. The summed E-state index contributed by atoms with van der Waals surface area (Å²) in [5.41, 5.74) is 4.21. The monoisotopic (exact) mass is 437 g/mol. The first kappa shape index (κ1) is 22.0. The molecule has 0 spiro atoms. The molecule has 32 heavy (non-hydrogen) atoms. The predicted octanol–water partition coefficient (Wildman–Crippen LogP) is 4.28. The number of aryl methyl sites for hydroxylation is 3. The van der Waals surface area contributed by atoms with Crippen LogP contribution in [0.1, 0.15) is 38.5 Å². The first-order valence-electron chi connectivity index (χ1n) is 10.8. The summed E-state index contributed by atoms with van der Waals surface area (Å²) in [6, 6.07) is 12.6. The number of aromatic nitrogens is 1. The number of rotatable bonds is 6. The second kappa shape index (κ2) is 9.53. The molecular formula is C25H28FN3O3. The van der Waals surface area contributed by atoms with E-state index >= 15 is 0 Å². The fourth-order valence-corrected chi connectivity index (χ4v) is 3.85. The number of carbonyl (C=O) groups is 1. The average Bonchev–Trinajstić information content (AvgIpc) is 3.16. The molecule has 2 aromatic carbocycles. The largest absolute Gasteiger partial charge is 0.488 e. The number of hydrogen-bond acceptors (Lipinski definition) is 5. The second-order valence-electron chi connectivity index (χ2n) is 8.32. The number of benzene rings is 2. The maximum absolute atomic E-state index is 13.2. The summed E-state index contributed by atoms with van der Waals surface area (Å²) in [7, 11) is 0. The van der Waals surface area contributed by atoms with Crippen LogP contribution in [0, 0.1) is 26.6 Å². The van der Waals surface area contributed by atoms with E-state index in [2.05, 4.69) is 10.1 Å². The van der Waals surface area contributed by atoms with Crippen molar-refractivity contribution in [3.05, 3.63) is 82.0 Å². The van der Waals surface area contributed by atoms with Crippen LogP contribution >= 0.6 is 0 Å². The summed E-state index contributed by atoms with van der Waals surface area (Å²) in [6.45, 7) is 9.46. The van der Waals surface area contributed by atoms with E-state index in [4.69, 9.17) is 9.26 Å². The number of amides is 1. The van der Waals surface area contributed by atoms with Crippen LogP contribution in [0.2, 0.25) is 0 Å². The predicted molar refractivity (Wildman–Crippen MR) is 119 cm³/mol. The van der Waals surface area contributed by atoms with E-state index in [9.17, 15) is 9.18 Å². The molecule has 1 aromatic heterocycles. The number of piperazine rings is 1. The molecule has 6 nitrogen and oxygen atoms in total. The van der Waals surface area contributed by atoms with Gasteiger partial charge in [-0.05, 0) is 55.7 Å². The third kappa shape index (κ3) is 4.99. The van der Waals surface area contributed by atoms with E-state index in [1.807, 2.05) is 32.0 Å². The van der Waals surface area contributed by atoms with Gasteiger partial charge in [0.15, 0.2) is 5.69 Å². The molecule has 0 bridgehead atoms. The summed E-state index contributed by atoms with van der Waals surface area (Å²) >= 11 is 0. The number of hydrogen-bond donors (Lipinski definition) is 0. The van der Waals surface area contributed by atoms with Gasteiger partial charge < -0.3 is 14.2 Å². The molecule has 1 aliphatic rings. The highest BCUT2D eigenvalue weighted by molar-refractivity contribution is 5.93. The van der Waals surface area contributed by atoms with Crippen LogP contribution in [0.15, 0.2) is 47.0 Å². The van der Waals surface area contributed by atoms with Gasteiger partial charge in [-0.3, -0.25) is 9.69 Å². The third-order valence-corrected chi connectivity index (χ3v) is 5.88. The molecular weight excluding hydrogens is 409 g/mol. The Bertz CT molecular complexity index is 1090. The van der Waals surface area contributed by atoms with Gasteiger partial charge in [-0.1, -0.05) is 29.4 Å². The van der Waals surface area contributed by atoms with Crippen LogP contribution in [0.5, 0.6) is 5.75 Å². The second-order valence-corrected chi connectivity index (χ2v) is 8.32. The van der Waals surface area contributed by atoms with Gasteiger partial charge in [-0.15, -0.1) is 0 Å². The third-order valence-electron chi connectivity index (χ3n) is 5.88. The summed E-state index contributed by atoms with van der Waals surface area (Å²) < 4.78 is 24.5. The van der Waals surface area contributed by atoms with Gasteiger partial charge in [0.05, 0.1) is 5.56 Å². The minimum Gasteiger partial charge on any atom is -0.488 e. The first-order valence-corrected chi connectivity index (χ1v) is 10.8. The van der Waals surface area contributed by atoms with E-state index in [1.54, 1.807) is 24.0 Å². The SMILES string of the molecule is Cc1ccc(C)c(OCc2c(C(=O)N3CCN(Cc4ccc(F)cc4)CC3)noc2C)c1. The van der Waals surface area contributed by atoms with Crippen molar-refractivity contribution in [3.63, 3.8) is 0 Å². The maximum Gasteiger partial charge on any atom is 0.276 e. The fraction of sp³-hybridized carbons (Fsp3) is 0.360. The summed E-state index contributed by atoms with van der Waals surface area (Å²) in [5.74, 6) is 1.01. The van der Waals surface area contributed by atoms with Crippen LogP contribution in [-0.4, -0.2) is 47.0 Å². The normalized spacial score (nSPS) is 14.6. The molecule has 0 unspecified atom stereocenters. The minimum absolute atomic E-state index is 0.136. The highest BCUT2D eigenvalue weighted by Gasteiger charge is 2.28. The van der Waals surface area contributed by atoms with Crippen molar-refractivity contribution in [2.45, 2.75) is 33.9 Å². The topological polar surface area (TPSA) is 58.8 Å². The molecule has 1 amide bonds. The Kier molecular flexibility index (Phi) is 6.55. The van der Waals surface area contributed by atoms with Crippen molar-refractivity contribution in [1.29, 1.82) is 0 Å². The van der Waals surface area contributed by atoms with Crippen LogP contribution in [0.3, 0.4) is 0 Å². The Morgan fingerprint density at radius 3 is 2.50 bits per heavy atom. The zero-order valence-electron chi connectivity index (χ0n) is 18.7. The zero-order chi connectivity index (χ0) is 22.7. The standard InChI is InChI=1S/C25H28FN3O3/c1-17-4-5-18(2)23(14-17)31-16-22-19(3)32-27-24(22)25(30)29-12-10-28(11-13-29)15-20-6-8-21(26)9-7-20/h4-9,14H,10-13,15-16H2,1-3H3. The van der Waals surface area contributed by atoms with Crippen molar-refractivity contribution in [3.8, 4) is 5.75 Å². The lowest BCUT2D eigenvalue weighted by molar-refractivity contribution is 0.0616. The van der Waals surface area contributed by atoms with E-state index in [1.165, 1.54) is 12.1 Å². The summed E-state index contributed by atoms with van der Waals surface area (Å²) in [6.07, 6.45) is 0. The first-order chi connectivity index (χ1) is 15.4. The fourth-order valence-electron chi connectivity index (χ4n) is 3.85. The molecule has 7 heteroatoms. The molecule has 0 radical (unpaired) electrons. The van der Waals surface area contributed by atoms with Gasteiger partial charge in [0.25, 0.3) is 5.91 Å². The molecule has 1 aliphatic heterocycles. The lowest BCUT2D eigenvalue weighted by atomic mass is 10.1. The molecule has 1 fully saturated rings. The Hall–Kier alpha value is -3.19. The van der Waals surface area contributed by atoms with Gasteiger partial charge in [-0.25, -0.2) is 4.39 Å². The molecule has 0 atom stereocenters. The van der Waals surface area contributed by atoms with Crippen LogP contribution in [-0.2, 0) is 13.2 Å². The number of halogens is 1. The van der Waals surface area contributed by atoms with Crippen molar-refractivity contribution in [2.24, 2.45) is 0 Å². The van der Waals surface area contributed by atoms with Gasteiger partial charge in [-0.2, -0.15) is 0 Å². The van der Waals surface area contributed by atoms with Gasteiger partial charge in [0, 0.05) is 32.7 Å². The van der Waals surface area contributed by atoms with Crippen molar-refractivity contribution >= 4 is 5.91 Å². The minimum atomic E-state index is -0.232. The summed E-state index contributed by atoms with van der Waals surface area (Å²) in [5, 5.41) is 4.04. The Morgan fingerprint density at radius 2 is 1.78 bits per heavy atom. The Balaban J connectivity index is 1.38. The highest BCUT2D eigenvalue weighted by Crippen LogP contribution is 2.23. The zero-order valence-corrected chi connectivity index (χ0v) is 18.7. The van der Waals surface area contributed by atoms with Crippen molar-refractivity contribution in [1.82, 2.24) is 15.0 Å². The molecule has 168 valence electrons. The molecule has 3 aromatic rings. The highest BCUT2D eigenvalue weighted by atomic mass is 19.1. The Labute approximate surface area is 187 Å². The van der Waals surface area contributed by atoms with Crippen LogP contribution in [0.25, 0.3) is 0 Å². The number of ether oxygens (including phenoxy) is 1. The molecule has 4 rings (SSSR count). The molecule has 0 aliphatic carbocycles. The van der Waals surface area contributed by atoms with Gasteiger partial charge in [0.1, 0.15) is 23.9 Å². The van der Waals surface area contributed by atoms with Crippen LogP contribution < -0.4 is 4.74 Å².